The number of carbonyl (C=O) groups is 1. The van der Waals surface area contributed by atoms with Gasteiger partial charge in [-0.25, -0.2) is 4.39 Å². The van der Waals surface area contributed by atoms with Crippen LogP contribution < -0.4 is 0 Å². The second-order valence-electron chi connectivity index (χ2n) is 3.04. The molecule has 0 spiro atoms. The van der Waals surface area contributed by atoms with Gasteiger partial charge in [-0.1, -0.05) is 35.0 Å². The van der Waals surface area contributed by atoms with Crippen LogP contribution >= 0.6 is 15.9 Å². The Hall–Kier alpha value is -1.03. The van der Waals surface area contributed by atoms with Crippen LogP contribution in [0.1, 0.15) is 18.9 Å². The fourth-order valence-corrected chi connectivity index (χ4v) is 1.46. The molecule has 0 amide bonds. The van der Waals surface area contributed by atoms with Crippen LogP contribution in [0.4, 0.5) is 4.39 Å². The maximum atomic E-state index is 14.0. The summed E-state index contributed by atoms with van der Waals surface area (Å²) in [6.45, 7) is 1.51. The maximum absolute atomic E-state index is 14.0. The van der Waals surface area contributed by atoms with Crippen molar-refractivity contribution in [2.24, 2.45) is 0 Å². The van der Waals surface area contributed by atoms with Crippen LogP contribution in [0, 0.1) is 0 Å². The first kappa shape index (κ1) is 12.0. The van der Waals surface area contributed by atoms with Crippen molar-refractivity contribution in [3.05, 3.63) is 34.3 Å². The second kappa shape index (κ2) is 4.66. The van der Waals surface area contributed by atoms with Gasteiger partial charge in [0.05, 0.1) is 0 Å². The van der Waals surface area contributed by atoms with E-state index in [-0.39, 0.29) is 12.0 Å². The van der Waals surface area contributed by atoms with Gasteiger partial charge in [-0.2, -0.15) is 0 Å². The molecule has 0 aliphatic heterocycles. The van der Waals surface area contributed by atoms with Crippen molar-refractivity contribution in [1.82, 2.24) is 0 Å². The molecule has 1 atom stereocenters. The SMILES string of the molecule is CCC(=O)C(F)([C]=O)c1ccc(Br)cc1. The minimum atomic E-state index is -2.63. The number of alkyl halides is 1. The molecule has 15 heavy (non-hydrogen) atoms. The Morgan fingerprint density at radius 2 is 2.00 bits per heavy atom. The number of hydrogen-bond donors (Lipinski definition) is 0. The van der Waals surface area contributed by atoms with Crippen molar-refractivity contribution in [3.8, 4) is 0 Å². The van der Waals surface area contributed by atoms with Gasteiger partial charge in [0.25, 0.3) is 12.0 Å². The van der Waals surface area contributed by atoms with Crippen LogP contribution in [0.25, 0.3) is 0 Å². The largest absolute Gasteiger partial charge is 0.295 e. The first-order valence-corrected chi connectivity index (χ1v) is 5.21. The molecule has 0 fully saturated rings. The average Bonchev–Trinajstić information content (AvgIpc) is 2.27. The first-order valence-electron chi connectivity index (χ1n) is 4.42. The van der Waals surface area contributed by atoms with Crippen LogP contribution in [-0.2, 0) is 15.3 Å². The Kier molecular flexibility index (Phi) is 3.74. The zero-order valence-corrected chi connectivity index (χ0v) is 9.67. The summed E-state index contributed by atoms with van der Waals surface area (Å²) in [6.07, 6.45) is 1.14. The summed E-state index contributed by atoms with van der Waals surface area (Å²) in [7, 11) is 0. The molecule has 1 aromatic carbocycles. The lowest BCUT2D eigenvalue weighted by Crippen LogP contribution is -2.32. The van der Waals surface area contributed by atoms with Gasteiger partial charge in [0, 0.05) is 16.5 Å². The topological polar surface area (TPSA) is 34.1 Å². The van der Waals surface area contributed by atoms with E-state index >= 15 is 0 Å². The highest BCUT2D eigenvalue weighted by Crippen LogP contribution is 2.27. The zero-order chi connectivity index (χ0) is 11.5. The second-order valence-corrected chi connectivity index (χ2v) is 3.96. The first-order chi connectivity index (χ1) is 7.04. The molecular weight excluding hydrogens is 263 g/mol. The van der Waals surface area contributed by atoms with Crippen molar-refractivity contribution in [2.75, 3.05) is 0 Å². The third-order valence-corrected chi connectivity index (χ3v) is 2.62. The molecule has 2 nitrogen and oxygen atoms in total. The van der Waals surface area contributed by atoms with Crippen LogP contribution in [-0.4, -0.2) is 12.1 Å². The third kappa shape index (κ3) is 2.31. The van der Waals surface area contributed by atoms with E-state index in [0.717, 1.165) is 4.47 Å². The normalized spacial score (nSPS) is 14.3. The molecule has 1 radical (unpaired) electrons. The number of halogens is 2. The quantitative estimate of drug-likeness (QED) is 0.790. The monoisotopic (exact) mass is 271 g/mol. The highest BCUT2D eigenvalue weighted by Gasteiger charge is 2.40. The zero-order valence-electron chi connectivity index (χ0n) is 8.09. The molecule has 0 bridgehead atoms. The Morgan fingerprint density at radius 3 is 2.40 bits per heavy atom. The number of Topliss-reactive ketones (excluding diaryl/α,β-unsaturated/α-hetero) is 1. The third-order valence-electron chi connectivity index (χ3n) is 2.09. The molecule has 1 rings (SSSR count). The highest BCUT2D eigenvalue weighted by atomic mass is 79.9. The van der Waals surface area contributed by atoms with Gasteiger partial charge < -0.3 is 0 Å². The van der Waals surface area contributed by atoms with E-state index in [1.54, 1.807) is 12.1 Å². The van der Waals surface area contributed by atoms with Crippen molar-refractivity contribution in [3.63, 3.8) is 0 Å². The molecule has 79 valence electrons. The van der Waals surface area contributed by atoms with E-state index in [4.69, 9.17) is 0 Å². The van der Waals surface area contributed by atoms with Crippen LogP contribution in [0.15, 0.2) is 28.7 Å². The van der Waals surface area contributed by atoms with Gasteiger partial charge >= 0.3 is 0 Å². The molecule has 0 saturated heterocycles. The van der Waals surface area contributed by atoms with Crippen molar-refractivity contribution >= 4 is 28.0 Å². The molecule has 0 aliphatic carbocycles. The maximum Gasteiger partial charge on any atom is 0.258 e. The average molecular weight is 272 g/mol. The molecule has 0 aromatic heterocycles. The predicted molar refractivity (Wildman–Crippen MR) is 57.9 cm³/mol. The number of benzene rings is 1. The summed E-state index contributed by atoms with van der Waals surface area (Å²) in [5, 5.41) is 0. The molecule has 0 N–H and O–H groups in total. The summed E-state index contributed by atoms with van der Waals surface area (Å²) < 4.78 is 14.7. The number of rotatable bonds is 4. The fraction of sp³-hybridized carbons (Fsp3) is 0.273. The molecule has 0 heterocycles. The Labute approximate surface area is 95.6 Å². The van der Waals surface area contributed by atoms with Gasteiger partial charge in [-0.3, -0.25) is 9.59 Å². The molecule has 0 aliphatic rings. The molecule has 1 unspecified atom stereocenters. The van der Waals surface area contributed by atoms with Gasteiger partial charge in [0.2, 0.25) is 0 Å². The van der Waals surface area contributed by atoms with Gasteiger partial charge in [-0.05, 0) is 12.1 Å². The lowest BCUT2D eigenvalue weighted by molar-refractivity contribution is -0.126. The number of carbonyl (C=O) groups excluding carboxylic acids is 2. The van der Waals surface area contributed by atoms with Crippen LogP contribution in [0.3, 0.4) is 0 Å². The highest BCUT2D eigenvalue weighted by molar-refractivity contribution is 9.10. The Morgan fingerprint density at radius 1 is 1.47 bits per heavy atom. The summed E-state index contributed by atoms with van der Waals surface area (Å²) in [4.78, 5) is 21.9. The van der Waals surface area contributed by atoms with E-state index in [9.17, 15) is 14.0 Å². The summed E-state index contributed by atoms with van der Waals surface area (Å²) >= 11 is 3.18. The van der Waals surface area contributed by atoms with Crippen molar-refractivity contribution < 1.29 is 14.0 Å². The van der Waals surface area contributed by atoms with Crippen LogP contribution in [0.2, 0.25) is 0 Å². The van der Waals surface area contributed by atoms with Gasteiger partial charge in [0.1, 0.15) is 0 Å². The van der Waals surface area contributed by atoms with E-state index in [1.807, 2.05) is 0 Å². The molecular formula is C11H9BrFO2. The summed E-state index contributed by atoms with van der Waals surface area (Å²) in [5.41, 5.74) is -2.61. The lowest BCUT2D eigenvalue weighted by atomic mass is 9.91. The predicted octanol–water partition coefficient (Wildman–Crippen LogP) is 2.70. The molecule has 1 aromatic rings. The Balaban J connectivity index is 3.17. The van der Waals surface area contributed by atoms with Gasteiger partial charge in [0.15, 0.2) is 5.78 Å². The summed E-state index contributed by atoms with van der Waals surface area (Å²) in [6, 6.07) is 5.93. The summed E-state index contributed by atoms with van der Waals surface area (Å²) in [5.74, 6) is -0.778. The van der Waals surface area contributed by atoms with Crippen LogP contribution in [0.5, 0.6) is 0 Å². The van der Waals surface area contributed by atoms with Crippen molar-refractivity contribution in [2.45, 2.75) is 19.0 Å². The van der Waals surface area contributed by atoms with E-state index in [0.29, 0.717) is 0 Å². The minimum Gasteiger partial charge on any atom is -0.295 e. The Bertz CT molecular complexity index is 375. The smallest absolute Gasteiger partial charge is 0.258 e. The standard InChI is InChI=1S/C11H9BrFO2/c1-2-10(15)11(13,7-14)8-3-5-9(12)6-4-8/h3-6H,2H2,1H3. The minimum absolute atomic E-state index is 0.0209. The fourth-order valence-electron chi connectivity index (χ4n) is 1.20. The molecule has 4 heteroatoms. The van der Waals surface area contributed by atoms with E-state index in [2.05, 4.69) is 15.9 Å². The number of ketones is 1. The number of hydrogen-bond acceptors (Lipinski definition) is 2. The lowest BCUT2D eigenvalue weighted by Gasteiger charge is -2.15. The van der Waals surface area contributed by atoms with E-state index in [1.165, 1.54) is 25.3 Å². The van der Waals surface area contributed by atoms with E-state index < -0.39 is 11.5 Å². The van der Waals surface area contributed by atoms with Gasteiger partial charge in [-0.15, -0.1) is 0 Å². The van der Waals surface area contributed by atoms with Crippen molar-refractivity contribution in [1.29, 1.82) is 0 Å². The molecule has 0 saturated carbocycles.